The van der Waals surface area contributed by atoms with E-state index in [9.17, 15) is 4.79 Å². The van der Waals surface area contributed by atoms with E-state index in [-0.39, 0.29) is 17.5 Å². The summed E-state index contributed by atoms with van der Waals surface area (Å²) in [6, 6.07) is 0. The molecule has 0 N–H and O–H groups in total. The van der Waals surface area contributed by atoms with Crippen LogP contribution < -0.4 is 0 Å². The molecule has 1 heterocycles. The van der Waals surface area contributed by atoms with Crippen molar-refractivity contribution in [2.75, 3.05) is 0 Å². The van der Waals surface area contributed by atoms with Crippen molar-refractivity contribution in [2.45, 2.75) is 32.5 Å². The van der Waals surface area contributed by atoms with Crippen LogP contribution in [-0.4, -0.2) is 17.5 Å². The number of carbonyl (C=O) groups is 1. The van der Waals surface area contributed by atoms with Crippen LogP contribution in [0.15, 0.2) is 24.3 Å². The van der Waals surface area contributed by atoms with E-state index in [1.165, 1.54) is 0 Å². The standard InChI is InChI=1S/C10H14O2/c1-5-7(2)6-8(11)9-10(3,4)12-9/h5-6,9H,1H2,2-4H3. The highest BCUT2D eigenvalue weighted by molar-refractivity contribution is 5.97. The van der Waals surface area contributed by atoms with Crippen LogP contribution in [0.25, 0.3) is 0 Å². The number of carbonyl (C=O) groups excluding carboxylic acids is 1. The van der Waals surface area contributed by atoms with E-state index in [2.05, 4.69) is 6.58 Å². The van der Waals surface area contributed by atoms with Crippen LogP contribution in [0, 0.1) is 0 Å². The van der Waals surface area contributed by atoms with Gasteiger partial charge in [0.1, 0.15) is 6.10 Å². The van der Waals surface area contributed by atoms with E-state index in [1.54, 1.807) is 12.2 Å². The Hall–Kier alpha value is -0.890. The van der Waals surface area contributed by atoms with Crippen LogP contribution in [0.5, 0.6) is 0 Å². The molecule has 0 aliphatic carbocycles. The molecular weight excluding hydrogens is 152 g/mol. The first kappa shape index (κ1) is 9.20. The minimum Gasteiger partial charge on any atom is -0.358 e. The normalized spacial score (nSPS) is 26.6. The van der Waals surface area contributed by atoms with Crippen molar-refractivity contribution >= 4 is 5.78 Å². The maximum Gasteiger partial charge on any atom is 0.187 e. The Balaban J connectivity index is 2.58. The van der Waals surface area contributed by atoms with Crippen LogP contribution in [0.3, 0.4) is 0 Å². The van der Waals surface area contributed by atoms with Gasteiger partial charge in [0.25, 0.3) is 0 Å². The smallest absolute Gasteiger partial charge is 0.187 e. The van der Waals surface area contributed by atoms with Crippen molar-refractivity contribution in [3.63, 3.8) is 0 Å². The highest BCUT2D eigenvalue weighted by Gasteiger charge is 2.51. The van der Waals surface area contributed by atoms with Crippen molar-refractivity contribution in [2.24, 2.45) is 0 Å². The zero-order valence-corrected chi connectivity index (χ0v) is 7.76. The van der Waals surface area contributed by atoms with Crippen LogP contribution >= 0.6 is 0 Å². The van der Waals surface area contributed by atoms with Gasteiger partial charge in [-0.2, -0.15) is 0 Å². The first-order chi connectivity index (χ1) is 5.47. The first-order valence-electron chi connectivity index (χ1n) is 4.00. The van der Waals surface area contributed by atoms with Crippen molar-refractivity contribution in [1.29, 1.82) is 0 Å². The molecule has 1 atom stereocenters. The second kappa shape index (κ2) is 2.87. The van der Waals surface area contributed by atoms with Crippen molar-refractivity contribution < 1.29 is 9.53 Å². The summed E-state index contributed by atoms with van der Waals surface area (Å²) in [5, 5.41) is 0. The monoisotopic (exact) mass is 166 g/mol. The van der Waals surface area contributed by atoms with Gasteiger partial charge < -0.3 is 4.74 Å². The van der Waals surface area contributed by atoms with Gasteiger partial charge in [-0.1, -0.05) is 12.7 Å². The maximum absolute atomic E-state index is 11.3. The third-order valence-corrected chi connectivity index (χ3v) is 1.95. The summed E-state index contributed by atoms with van der Waals surface area (Å²) >= 11 is 0. The lowest BCUT2D eigenvalue weighted by molar-refractivity contribution is -0.115. The van der Waals surface area contributed by atoms with E-state index in [0.29, 0.717) is 0 Å². The van der Waals surface area contributed by atoms with Gasteiger partial charge in [0.2, 0.25) is 0 Å². The zero-order valence-electron chi connectivity index (χ0n) is 7.76. The fourth-order valence-corrected chi connectivity index (χ4v) is 1.03. The maximum atomic E-state index is 11.3. The molecule has 0 aromatic carbocycles. The van der Waals surface area contributed by atoms with E-state index >= 15 is 0 Å². The molecule has 1 unspecified atom stereocenters. The van der Waals surface area contributed by atoms with E-state index < -0.39 is 0 Å². The SMILES string of the molecule is C=CC(C)=CC(=O)C1OC1(C)C. The lowest BCUT2D eigenvalue weighted by Crippen LogP contribution is -2.12. The zero-order chi connectivity index (χ0) is 9.35. The topological polar surface area (TPSA) is 29.6 Å². The molecule has 0 radical (unpaired) electrons. The lowest BCUT2D eigenvalue weighted by Gasteiger charge is -1.92. The van der Waals surface area contributed by atoms with Gasteiger partial charge in [0.05, 0.1) is 5.60 Å². The molecule has 1 fully saturated rings. The Bertz CT molecular complexity index is 249. The molecule has 1 rings (SSSR count). The Morgan fingerprint density at radius 2 is 2.08 bits per heavy atom. The second-order valence-corrected chi connectivity index (χ2v) is 3.60. The van der Waals surface area contributed by atoms with E-state index in [4.69, 9.17) is 4.74 Å². The summed E-state index contributed by atoms with van der Waals surface area (Å²) in [6.45, 7) is 9.23. The molecule has 0 amide bonds. The summed E-state index contributed by atoms with van der Waals surface area (Å²) in [7, 11) is 0. The Kier molecular flexibility index (Phi) is 2.20. The van der Waals surface area contributed by atoms with Crippen LogP contribution in [0.4, 0.5) is 0 Å². The van der Waals surface area contributed by atoms with E-state index in [0.717, 1.165) is 5.57 Å². The minimum absolute atomic E-state index is 0.0393. The van der Waals surface area contributed by atoms with Gasteiger partial charge in [-0.25, -0.2) is 0 Å². The van der Waals surface area contributed by atoms with Crippen molar-refractivity contribution in [3.8, 4) is 0 Å². The van der Waals surface area contributed by atoms with Crippen LogP contribution in [0.2, 0.25) is 0 Å². The molecule has 0 bridgehead atoms. The molecule has 12 heavy (non-hydrogen) atoms. The Morgan fingerprint density at radius 1 is 1.58 bits per heavy atom. The molecule has 1 aliphatic rings. The van der Waals surface area contributed by atoms with Gasteiger partial charge in [0.15, 0.2) is 5.78 Å². The molecule has 1 saturated heterocycles. The molecule has 2 heteroatoms. The fraction of sp³-hybridized carbons (Fsp3) is 0.500. The third-order valence-electron chi connectivity index (χ3n) is 1.95. The fourth-order valence-electron chi connectivity index (χ4n) is 1.03. The van der Waals surface area contributed by atoms with Crippen molar-refractivity contribution in [1.82, 2.24) is 0 Å². The Labute approximate surface area is 72.9 Å². The predicted octanol–water partition coefficient (Wildman–Crippen LogP) is 1.87. The van der Waals surface area contributed by atoms with Gasteiger partial charge in [-0.05, 0) is 32.4 Å². The Morgan fingerprint density at radius 3 is 2.42 bits per heavy atom. The molecule has 0 saturated carbocycles. The number of ether oxygens (including phenoxy) is 1. The average molecular weight is 166 g/mol. The largest absolute Gasteiger partial charge is 0.358 e. The highest BCUT2D eigenvalue weighted by atomic mass is 16.6. The molecule has 66 valence electrons. The number of hydrogen-bond acceptors (Lipinski definition) is 2. The molecule has 0 aromatic heterocycles. The second-order valence-electron chi connectivity index (χ2n) is 3.60. The molecule has 0 aromatic rings. The number of epoxide rings is 1. The molecule has 0 spiro atoms. The number of rotatable bonds is 3. The summed E-state index contributed by atoms with van der Waals surface area (Å²) in [5.74, 6) is 0.0393. The summed E-state index contributed by atoms with van der Waals surface area (Å²) in [6.07, 6.45) is 2.99. The number of allylic oxidation sites excluding steroid dienone is 2. The van der Waals surface area contributed by atoms with Crippen molar-refractivity contribution in [3.05, 3.63) is 24.3 Å². The predicted molar refractivity (Wildman–Crippen MR) is 47.9 cm³/mol. The average Bonchev–Trinajstić information content (AvgIpc) is 2.59. The van der Waals surface area contributed by atoms with Crippen LogP contribution in [0.1, 0.15) is 20.8 Å². The molecular formula is C10H14O2. The summed E-state index contributed by atoms with van der Waals surface area (Å²) in [5.41, 5.74) is 0.626. The molecule has 1 aliphatic heterocycles. The van der Waals surface area contributed by atoms with Gasteiger partial charge in [0, 0.05) is 0 Å². The molecule has 2 nitrogen and oxygen atoms in total. The summed E-state index contributed by atoms with van der Waals surface area (Å²) in [4.78, 5) is 11.3. The summed E-state index contributed by atoms with van der Waals surface area (Å²) < 4.78 is 5.18. The number of ketones is 1. The number of hydrogen-bond donors (Lipinski definition) is 0. The lowest BCUT2D eigenvalue weighted by atomic mass is 10.1. The first-order valence-corrected chi connectivity index (χ1v) is 4.00. The van der Waals surface area contributed by atoms with E-state index in [1.807, 2.05) is 20.8 Å². The third kappa shape index (κ3) is 1.83. The van der Waals surface area contributed by atoms with Crippen LogP contribution in [-0.2, 0) is 9.53 Å². The minimum atomic E-state index is -0.255. The quantitative estimate of drug-likeness (QED) is 0.364. The van der Waals surface area contributed by atoms with Gasteiger partial charge in [-0.15, -0.1) is 0 Å². The highest BCUT2D eigenvalue weighted by Crippen LogP contribution is 2.36. The van der Waals surface area contributed by atoms with Gasteiger partial charge in [-0.3, -0.25) is 4.79 Å². The van der Waals surface area contributed by atoms with Gasteiger partial charge >= 0.3 is 0 Å².